The van der Waals surface area contributed by atoms with E-state index in [9.17, 15) is 8.42 Å². The fraction of sp³-hybridized carbons (Fsp3) is 0.286. The second-order valence-corrected chi connectivity index (χ2v) is 4.76. The molecule has 1 aromatic heterocycles. The molecule has 0 bridgehead atoms. The van der Waals surface area contributed by atoms with Crippen molar-refractivity contribution in [2.24, 2.45) is 0 Å². The van der Waals surface area contributed by atoms with Gasteiger partial charge in [0.2, 0.25) is 0 Å². The van der Waals surface area contributed by atoms with Gasteiger partial charge in [-0.2, -0.15) is 0 Å². The molecule has 0 aromatic carbocycles. The van der Waals surface area contributed by atoms with Crippen LogP contribution in [0.5, 0.6) is 0 Å². The summed E-state index contributed by atoms with van der Waals surface area (Å²) >= 11 is 5.62. The topological polar surface area (TPSA) is 67.3 Å². The van der Waals surface area contributed by atoms with Crippen LogP contribution in [0.2, 0.25) is 5.02 Å². The molecule has 1 aromatic rings. The lowest BCUT2D eigenvalue weighted by molar-refractivity contribution is 0.319. The summed E-state index contributed by atoms with van der Waals surface area (Å²) in [7, 11) is -3.53. The van der Waals surface area contributed by atoms with Crippen molar-refractivity contribution in [1.82, 2.24) is 4.98 Å². The first-order chi connectivity index (χ1) is 6.08. The Balaban J connectivity index is 3.15. The Labute approximate surface area is 81.1 Å². The molecular formula is C7H8ClNO3S. The first-order valence-electron chi connectivity index (χ1n) is 3.52. The molecule has 0 aliphatic carbocycles. The average molecular weight is 222 g/mol. The van der Waals surface area contributed by atoms with Crippen LogP contribution in [0.4, 0.5) is 0 Å². The number of aliphatic hydroxyl groups is 1. The van der Waals surface area contributed by atoms with E-state index < -0.39 is 16.4 Å². The molecule has 0 amide bonds. The van der Waals surface area contributed by atoms with Gasteiger partial charge in [0, 0.05) is 6.20 Å². The van der Waals surface area contributed by atoms with Gasteiger partial charge in [-0.15, -0.1) is 0 Å². The molecular weight excluding hydrogens is 214 g/mol. The third-order valence-corrected chi connectivity index (χ3v) is 3.43. The van der Waals surface area contributed by atoms with Crippen LogP contribution in [0.15, 0.2) is 23.4 Å². The van der Waals surface area contributed by atoms with Crippen molar-refractivity contribution in [1.29, 1.82) is 0 Å². The van der Waals surface area contributed by atoms with Gasteiger partial charge in [-0.05, 0) is 12.1 Å². The highest BCUT2D eigenvalue weighted by Crippen LogP contribution is 2.18. The van der Waals surface area contributed by atoms with E-state index in [2.05, 4.69) is 4.98 Å². The highest BCUT2D eigenvalue weighted by molar-refractivity contribution is 7.91. The van der Waals surface area contributed by atoms with Crippen molar-refractivity contribution in [2.75, 3.05) is 12.4 Å². The number of aliphatic hydroxyl groups excluding tert-OH is 1. The summed E-state index contributed by atoms with van der Waals surface area (Å²) in [4.78, 5) is 3.64. The van der Waals surface area contributed by atoms with Gasteiger partial charge in [0.05, 0.1) is 17.4 Å². The van der Waals surface area contributed by atoms with E-state index in [-0.39, 0.29) is 15.8 Å². The van der Waals surface area contributed by atoms with Crippen molar-refractivity contribution in [3.05, 3.63) is 23.4 Å². The summed E-state index contributed by atoms with van der Waals surface area (Å²) in [5, 5.41) is 8.41. The molecule has 0 atom stereocenters. The van der Waals surface area contributed by atoms with Gasteiger partial charge < -0.3 is 5.11 Å². The predicted molar refractivity (Wildman–Crippen MR) is 48.4 cm³/mol. The Bertz CT molecular complexity index is 390. The van der Waals surface area contributed by atoms with Crippen LogP contribution in [-0.2, 0) is 9.84 Å². The quantitative estimate of drug-likeness (QED) is 0.807. The lowest BCUT2D eigenvalue weighted by atomic mass is 10.5. The molecule has 4 nitrogen and oxygen atoms in total. The molecule has 0 fully saturated rings. The number of pyridine rings is 1. The van der Waals surface area contributed by atoms with Gasteiger partial charge in [0.15, 0.2) is 14.9 Å². The van der Waals surface area contributed by atoms with Crippen LogP contribution in [0.25, 0.3) is 0 Å². The SMILES string of the molecule is O=S(=O)(CCO)c1ncccc1Cl. The number of halogens is 1. The van der Waals surface area contributed by atoms with Gasteiger partial charge >= 0.3 is 0 Å². The van der Waals surface area contributed by atoms with E-state index >= 15 is 0 Å². The summed E-state index contributed by atoms with van der Waals surface area (Å²) in [6.07, 6.45) is 1.34. The van der Waals surface area contributed by atoms with E-state index in [0.717, 1.165) is 0 Å². The molecule has 0 saturated carbocycles. The molecule has 0 aliphatic rings. The lowest BCUT2D eigenvalue weighted by Crippen LogP contribution is -2.12. The molecule has 72 valence electrons. The molecule has 1 N–H and O–H groups in total. The zero-order chi connectivity index (χ0) is 9.90. The second kappa shape index (κ2) is 4.04. The monoisotopic (exact) mass is 221 g/mol. The maximum atomic E-state index is 11.3. The third-order valence-electron chi connectivity index (χ3n) is 1.38. The van der Waals surface area contributed by atoms with Gasteiger partial charge in [-0.3, -0.25) is 0 Å². The molecule has 1 heterocycles. The summed E-state index contributed by atoms with van der Waals surface area (Å²) in [5.41, 5.74) is 0. The minimum absolute atomic E-state index is 0.0796. The molecule has 0 saturated heterocycles. The van der Waals surface area contributed by atoms with Gasteiger partial charge in [-0.25, -0.2) is 13.4 Å². The summed E-state index contributed by atoms with van der Waals surface area (Å²) < 4.78 is 22.7. The van der Waals surface area contributed by atoms with Crippen LogP contribution in [0, 0.1) is 0 Å². The van der Waals surface area contributed by atoms with E-state index in [4.69, 9.17) is 16.7 Å². The number of aromatic nitrogens is 1. The number of sulfone groups is 1. The Kier molecular flexibility index (Phi) is 3.24. The highest BCUT2D eigenvalue weighted by atomic mass is 35.5. The Morgan fingerprint density at radius 1 is 1.54 bits per heavy atom. The zero-order valence-electron chi connectivity index (χ0n) is 6.64. The van der Waals surface area contributed by atoms with E-state index in [1.165, 1.54) is 12.3 Å². The minimum Gasteiger partial charge on any atom is -0.395 e. The molecule has 13 heavy (non-hydrogen) atoms. The van der Waals surface area contributed by atoms with Crippen molar-refractivity contribution in [2.45, 2.75) is 5.03 Å². The first kappa shape index (κ1) is 10.4. The van der Waals surface area contributed by atoms with E-state index in [1.54, 1.807) is 6.07 Å². The van der Waals surface area contributed by atoms with E-state index in [1.807, 2.05) is 0 Å². The smallest absolute Gasteiger partial charge is 0.199 e. The number of hydrogen-bond acceptors (Lipinski definition) is 4. The van der Waals surface area contributed by atoms with Crippen molar-refractivity contribution in [3.8, 4) is 0 Å². The third kappa shape index (κ3) is 2.40. The standard InChI is InChI=1S/C7H8ClNO3S/c8-6-2-1-3-9-7(6)13(11,12)5-4-10/h1-3,10H,4-5H2. The van der Waals surface area contributed by atoms with Crippen molar-refractivity contribution < 1.29 is 13.5 Å². The van der Waals surface area contributed by atoms with Crippen LogP contribution in [-0.4, -0.2) is 30.9 Å². The van der Waals surface area contributed by atoms with Crippen molar-refractivity contribution >= 4 is 21.4 Å². The average Bonchev–Trinajstić information content (AvgIpc) is 2.04. The predicted octanol–water partition coefficient (Wildman–Crippen LogP) is 0.501. The van der Waals surface area contributed by atoms with E-state index in [0.29, 0.717) is 0 Å². The molecule has 1 rings (SSSR count). The van der Waals surface area contributed by atoms with Crippen LogP contribution >= 0.6 is 11.6 Å². The largest absolute Gasteiger partial charge is 0.395 e. The van der Waals surface area contributed by atoms with Crippen molar-refractivity contribution in [3.63, 3.8) is 0 Å². The molecule has 0 radical (unpaired) electrons. The van der Waals surface area contributed by atoms with Crippen LogP contribution in [0.1, 0.15) is 0 Å². The Morgan fingerprint density at radius 2 is 2.23 bits per heavy atom. The lowest BCUT2D eigenvalue weighted by Gasteiger charge is -2.02. The number of hydrogen-bond donors (Lipinski definition) is 1. The molecule has 6 heteroatoms. The minimum atomic E-state index is -3.53. The number of rotatable bonds is 3. The summed E-state index contributed by atoms with van der Waals surface area (Å²) in [6, 6.07) is 2.99. The second-order valence-electron chi connectivity index (χ2n) is 2.33. The summed E-state index contributed by atoms with van der Waals surface area (Å²) in [5.74, 6) is -0.357. The number of nitrogens with zero attached hydrogens (tertiary/aromatic N) is 1. The molecule has 0 unspecified atom stereocenters. The van der Waals surface area contributed by atoms with Gasteiger partial charge in [-0.1, -0.05) is 11.6 Å². The summed E-state index contributed by atoms with van der Waals surface area (Å²) in [6.45, 7) is -0.435. The Hall–Kier alpha value is -0.650. The maximum absolute atomic E-state index is 11.3. The van der Waals surface area contributed by atoms with Crippen LogP contribution < -0.4 is 0 Å². The molecule has 0 spiro atoms. The van der Waals surface area contributed by atoms with Gasteiger partial charge in [0.1, 0.15) is 0 Å². The van der Waals surface area contributed by atoms with Gasteiger partial charge in [0.25, 0.3) is 0 Å². The van der Waals surface area contributed by atoms with Crippen LogP contribution in [0.3, 0.4) is 0 Å². The fourth-order valence-electron chi connectivity index (χ4n) is 0.817. The highest BCUT2D eigenvalue weighted by Gasteiger charge is 2.18. The normalized spacial score (nSPS) is 11.5. The fourth-order valence-corrected chi connectivity index (χ4v) is 2.31. The maximum Gasteiger partial charge on any atom is 0.199 e. The Morgan fingerprint density at radius 3 is 2.77 bits per heavy atom. The first-order valence-corrected chi connectivity index (χ1v) is 5.55. The zero-order valence-corrected chi connectivity index (χ0v) is 8.22. The molecule has 0 aliphatic heterocycles.